The molecule has 20 heavy (non-hydrogen) atoms. The van der Waals surface area contributed by atoms with Crippen LogP contribution < -0.4 is 10.5 Å². The number of aryl methyl sites for hydroxylation is 1. The van der Waals surface area contributed by atoms with Gasteiger partial charge < -0.3 is 15.7 Å². The molecule has 1 aromatic heterocycles. The van der Waals surface area contributed by atoms with Gasteiger partial charge in [-0.25, -0.2) is 9.67 Å². The Morgan fingerprint density at radius 2 is 2.35 bits per heavy atom. The van der Waals surface area contributed by atoms with Gasteiger partial charge in [-0.1, -0.05) is 22.8 Å². The van der Waals surface area contributed by atoms with Crippen molar-refractivity contribution in [2.75, 3.05) is 0 Å². The minimum atomic E-state index is -0.109. The molecule has 0 saturated heterocycles. The lowest BCUT2D eigenvalue weighted by atomic mass is 10.2. The van der Waals surface area contributed by atoms with E-state index < -0.39 is 0 Å². The topological polar surface area (TPSA) is 98.5 Å². The Morgan fingerprint density at radius 3 is 3.05 bits per heavy atom. The predicted molar refractivity (Wildman–Crippen MR) is 74.0 cm³/mol. The lowest BCUT2D eigenvalue weighted by Crippen LogP contribution is -2.16. The largest absolute Gasteiger partial charge is 0.485 e. The molecule has 2 rings (SSSR count). The number of oxime groups is 1. The Kier molecular flexibility index (Phi) is 4.41. The second kappa shape index (κ2) is 6.25. The SMILES string of the molecule is CCn1ncnc1COc1cccc(Cl)c1/C(N)=N/O. The summed E-state index contributed by atoms with van der Waals surface area (Å²) in [5.41, 5.74) is 5.95. The van der Waals surface area contributed by atoms with Gasteiger partial charge in [0.15, 0.2) is 11.7 Å². The van der Waals surface area contributed by atoms with Crippen molar-refractivity contribution in [1.82, 2.24) is 14.8 Å². The maximum absolute atomic E-state index is 8.79. The molecule has 7 nitrogen and oxygen atoms in total. The molecule has 0 bridgehead atoms. The van der Waals surface area contributed by atoms with Crippen LogP contribution in [0.3, 0.4) is 0 Å². The third-order valence-corrected chi connectivity index (χ3v) is 3.01. The van der Waals surface area contributed by atoms with Crippen molar-refractivity contribution >= 4 is 17.4 Å². The minimum absolute atomic E-state index is 0.109. The van der Waals surface area contributed by atoms with E-state index in [2.05, 4.69) is 15.2 Å². The highest BCUT2D eigenvalue weighted by Crippen LogP contribution is 2.26. The zero-order chi connectivity index (χ0) is 14.5. The zero-order valence-electron chi connectivity index (χ0n) is 10.8. The second-order valence-corrected chi connectivity index (χ2v) is 4.29. The van der Waals surface area contributed by atoms with Crippen LogP contribution in [0.2, 0.25) is 5.02 Å². The van der Waals surface area contributed by atoms with Gasteiger partial charge in [-0.3, -0.25) is 0 Å². The fraction of sp³-hybridized carbons (Fsp3) is 0.250. The average molecular weight is 296 g/mol. The van der Waals surface area contributed by atoms with Crippen LogP contribution in [0, 0.1) is 0 Å². The van der Waals surface area contributed by atoms with Gasteiger partial charge in [-0.15, -0.1) is 0 Å². The first-order chi connectivity index (χ1) is 9.67. The Labute approximate surface area is 120 Å². The molecule has 0 spiro atoms. The molecule has 2 aromatic rings. The van der Waals surface area contributed by atoms with E-state index in [1.165, 1.54) is 6.33 Å². The van der Waals surface area contributed by atoms with E-state index in [-0.39, 0.29) is 12.4 Å². The summed E-state index contributed by atoms with van der Waals surface area (Å²) in [7, 11) is 0. The number of hydrogen-bond acceptors (Lipinski definition) is 5. The Balaban J connectivity index is 2.24. The van der Waals surface area contributed by atoms with Crippen molar-refractivity contribution in [3.63, 3.8) is 0 Å². The first kappa shape index (κ1) is 14.1. The van der Waals surface area contributed by atoms with Crippen molar-refractivity contribution in [2.45, 2.75) is 20.1 Å². The van der Waals surface area contributed by atoms with Crippen LogP contribution in [0.25, 0.3) is 0 Å². The minimum Gasteiger partial charge on any atom is -0.485 e. The number of halogens is 1. The first-order valence-electron chi connectivity index (χ1n) is 5.93. The molecule has 1 aromatic carbocycles. The van der Waals surface area contributed by atoms with E-state index in [4.69, 9.17) is 27.3 Å². The Bertz CT molecular complexity index is 626. The van der Waals surface area contributed by atoms with Crippen LogP contribution in [-0.4, -0.2) is 25.8 Å². The third-order valence-electron chi connectivity index (χ3n) is 2.69. The molecule has 0 saturated carbocycles. The summed E-state index contributed by atoms with van der Waals surface area (Å²) in [5.74, 6) is 0.985. The van der Waals surface area contributed by atoms with Gasteiger partial charge in [0.25, 0.3) is 0 Å². The predicted octanol–water partition coefficient (Wildman–Crippen LogP) is 1.62. The van der Waals surface area contributed by atoms with Crippen LogP contribution >= 0.6 is 11.6 Å². The Hall–Kier alpha value is -2.28. The van der Waals surface area contributed by atoms with Crippen molar-refractivity contribution in [3.8, 4) is 5.75 Å². The summed E-state index contributed by atoms with van der Waals surface area (Å²) in [4.78, 5) is 4.10. The maximum Gasteiger partial charge on any atom is 0.175 e. The van der Waals surface area contributed by atoms with E-state index in [0.29, 0.717) is 28.7 Å². The highest BCUT2D eigenvalue weighted by molar-refractivity contribution is 6.34. The van der Waals surface area contributed by atoms with Crippen LogP contribution in [0.5, 0.6) is 5.75 Å². The lowest BCUT2D eigenvalue weighted by molar-refractivity contribution is 0.286. The van der Waals surface area contributed by atoms with Crippen LogP contribution in [-0.2, 0) is 13.2 Å². The lowest BCUT2D eigenvalue weighted by Gasteiger charge is -2.11. The second-order valence-electron chi connectivity index (χ2n) is 3.88. The maximum atomic E-state index is 8.79. The molecule has 0 fully saturated rings. The zero-order valence-corrected chi connectivity index (χ0v) is 11.6. The molecule has 0 aliphatic carbocycles. The number of amidine groups is 1. The molecule has 0 amide bonds. The molecule has 1 heterocycles. The van der Waals surface area contributed by atoms with Gasteiger partial charge in [-0.05, 0) is 19.1 Å². The highest BCUT2D eigenvalue weighted by atomic mass is 35.5. The Morgan fingerprint density at radius 1 is 1.55 bits per heavy atom. The van der Waals surface area contributed by atoms with Gasteiger partial charge in [0.2, 0.25) is 0 Å². The fourth-order valence-corrected chi connectivity index (χ4v) is 1.99. The first-order valence-corrected chi connectivity index (χ1v) is 6.31. The number of benzene rings is 1. The van der Waals surface area contributed by atoms with Gasteiger partial charge >= 0.3 is 0 Å². The van der Waals surface area contributed by atoms with Crippen molar-refractivity contribution in [2.24, 2.45) is 10.9 Å². The van der Waals surface area contributed by atoms with E-state index in [1.54, 1.807) is 22.9 Å². The average Bonchev–Trinajstić information content (AvgIpc) is 2.91. The summed E-state index contributed by atoms with van der Waals surface area (Å²) < 4.78 is 7.36. The molecule has 106 valence electrons. The quantitative estimate of drug-likeness (QED) is 0.378. The van der Waals surface area contributed by atoms with E-state index >= 15 is 0 Å². The molecule has 0 aliphatic heterocycles. The smallest absolute Gasteiger partial charge is 0.175 e. The highest BCUT2D eigenvalue weighted by Gasteiger charge is 2.14. The van der Waals surface area contributed by atoms with Crippen molar-refractivity contribution in [1.29, 1.82) is 0 Å². The standard InChI is InChI=1S/C12H14ClN5O2/c1-2-18-10(15-7-16-18)6-20-9-5-3-4-8(13)11(9)12(14)17-19/h3-5,7,19H,2,6H2,1H3,(H2,14,17). The monoisotopic (exact) mass is 295 g/mol. The van der Waals surface area contributed by atoms with Crippen LogP contribution in [0.4, 0.5) is 0 Å². The molecule has 8 heteroatoms. The van der Waals surface area contributed by atoms with E-state index in [9.17, 15) is 0 Å². The molecular weight excluding hydrogens is 282 g/mol. The van der Waals surface area contributed by atoms with E-state index in [1.807, 2.05) is 6.92 Å². The van der Waals surface area contributed by atoms with Gasteiger partial charge in [0, 0.05) is 6.54 Å². The number of nitrogens with two attached hydrogens (primary N) is 1. The molecule has 0 atom stereocenters. The summed E-state index contributed by atoms with van der Waals surface area (Å²) in [6, 6.07) is 5.04. The number of hydrogen-bond donors (Lipinski definition) is 2. The van der Waals surface area contributed by atoms with Crippen molar-refractivity contribution in [3.05, 3.63) is 40.9 Å². The summed E-state index contributed by atoms with van der Waals surface area (Å²) in [6.45, 7) is 2.86. The van der Waals surface area contributed by atoms with Crippen LogP contribution in [0.15, 0.2) is 29.7 Å². The number of nitrogens with zero attached hydrogens (tertiary/aromatic N) is 4. The summed E-state index contributed by atoms with van der Waals surface area (Å²) >= 11 is 6.04. The molecule has 0 radical (unpaired) electrons. The normalized spacial score (nSPS) is 11.6. The molecular formula is C12H14ClN5O2. The van der Waals surface area contributed by atoms with Crippen LogP contribution in [0.1, 0.15) is 18.3 Å². The molecule has 0 unspecified atom stereocenters. The third kappa shape index (κ3) is 2.83. The van der Waals surface area contributed by atoms with E-state index in [0.717, 1.165) is 0 Å². The van der Waals surface area contributed by atoms with Crippen molar-refractivity contribution < 1.29 is 9.94 Å². The molecule has 3 N–H and O–H groups in total. The summed E-state index contributed by atoms with van der Waals surface area (Å²) in [5, 5.41) is 16.1. The summed E-state index contributed by atoms with van der Waals surface area (Å²) in [6.07, 6.45) is 1.46. The number of ether oxygens (including phenoxy) is 1. The number of aromatic nitrogens is 3. The number of rotatable bonds is 5. The van der Waals surface area contributed by atoms with Gasteiger partial charge in [0.05, 0.1) is 10.6 Å². The van der Waals surface area contributed by atoms with Gasteiger partial charge in [0.1, 0.15) is 18.7 Å². The fourth-order valence-electron chi connectivity index (χ4n) is 1.73. The molecule has 0 aliphatic rings. The van der Waals surface area contributed by atoms with Gasteiger partial charge in [-0.2, -0.15) is 5.10 Å².